The Labute approximate surface area is 144 Å². The molecular formula is C16H19N4O4P. The maximum atomic E-state index is 13.5. The van der Waals surface area contributed by atoms with Gasteiger partial charge in [0.15, 0.2) is 11.7 Å². The Kier molecular flexibility index (Phi) is 5.80. The van der Waals surface area contributed by atoms with Crippen molar-refractivity contribution in [1.82, 2.24) is 0 Å². The van der Waals surface area contributed by atoms with Crippen LogP contribution in [0.15, 0.2) is 58.8 Å². The Morgan fingerprint density at radius 3 is 1.56 bits per heavy atom. The van der Waals surface area contributed by atoms with E-state index in [1.165, 1.54) is 0 Å². The van der Waals surface area contributed by atoms with Crippen molar-refractivity contribution in [2.45, 2.75) is 6.92 Å². The third-order valence-electron chi connectivity index (χ3n) is 3.53. The molecule has 25 heavy (non-hydrogen) atoms. The molecule has 0 fully saturated rings. The van der Waals surface area contributed by atoms with E-state index in [-0.39, 0.29) is 18.3 Å². The van der Waals surface area contributed by atoms with Gasteiger partial charge in [-0.2, -0.15) is 0 Å². The summed E-state index contributed by atoms with van der Waals surface area (Å²) in [4.78, 5) is 0. The van der Waals surface area contributed by atoms with Crippen molar-refractivity contribution in [2.24, 2.45) is 21.8 Å². The molecule has 0 aromatic heterocycles. The summed E-state index contributed by atoms with van der Waals surface area (Å²) in [6, 6.07) is 12.8. The Morgan fingerprint density at radius 2 is 1.28 bits per heavy atom. The van der Waals surface area contributed by atoms with Crippen LogP contribution in [0.1, 0.15) is 18.1 Å². The SMILES string of the molecule is CCOP(=O)(c1ccc(C(N)=NO)cc1)c1ccc(C(N)=NO)cc1. The number of benzene rings is 2. The van der Waals surface area contributed by atoms with Gasteiger partial charge in [-0.15, -0.1) is 0 Å². The van der Waals surface area contributed by atoms with E-state index in [2.05, 4.69) is 10.3 Å². The molecule has 0 radical (unpaired) electrons. The van der Waals surface area contributed by atoms with Crippen molar-refractivity contribution in [3.63, 3.8) is 0 Å². The minimum absolute atomic E-state index is 0.0408. The fourth-order valence-electron chi connectivity index (χ4n) is 2.25. The molecule has 0 amide bonds. The van der Waals surface area contributed by atoms with Gasteiger partial charge in [0, 0.05) is 21.7 Å². The van der Waals surface area contributed by atoms with Gasteiger partial charge in [-0.3, -0.25) is 4.57 Å². The first-order valence-electron chi connectivity index (χ1n) is 7.38. The first-order valence-corrected chi connectivity index (χ1v) is 9.00. The number of nitrogens with zero attached hydrogens (tertiary/aromatic N) is 2. The third kappa shape index (κ3) is 3.81. The molecule has 0 bridgehead atoms. The van der Waals surface area contributed by atoms with Gasteiger partial charge in [0.05, 0.1) is 6.61 Å². The van der Waals surface area contributed by atoms with Gasteiger partial charge in [-0.25, -0.2) is 0 Å². The van der Waals surface area contributed by atoms with Crippen LogP contribution in [0, 0.1) is 0 Å². The van der Waals surface area contributed by atoms with Gasteiger partial charge in [-0.1, -0.05) is 34.6 Å². The zero-order chi connectivity index (χ0) is 18.4. The van der Waals surface area contributed by atoms with Crippen molar-refractivity contribution in [2.75, 3.05) is 6.61 Å². The maximum Gasteiger partial charge on any atom is 0.261 e. The molecule has 2 rings (SSSR count). The largest absolute Gasteiger partial charge is 0.409 e. The fraction of sp³-hybridized carbons (Fsp3) is 0.125. The van der Waals surface area contributed by atoms with E-state index in [1.54, 1.807) is 55.5 Å². The Morgan fingerprint density at radius 1 is 0.920 bits per heavy atom. The van der Waals surface area contributed by atoms with Crippen LogP contribution in [0.2, 0.25) is 0 Å². The number of hydrogen-bond donors (Lipinski definition) is 4. The summed E-state index contributed by atoms with van der Waals surface area (Å²) < 4.78 is 19.1. The van der Waals surface area contributed by atoms with Crippen molar-refractivity contribution in [3.8, 4) is 0 Å². The lowest BCUT2D eigenvalue weighted by atomic mass is 10.2. The molecule has 0 spiro atoms. The van der Waals surface area contributed by atoms with Gasteiger partial charge < -0.3 is 26.4 Å². The van der Waals surface area contributed by atoms with Gasteiger partial charge >= 0.3 is 0 Å². The van der Waals surface area contributed by atoms with Crippen molar-refractivity contribution >= 4 is 29.6 Å². The van der Waals surface area contributed by atoms with Crippen LogP contribution in [0.4, 0.5) is 0 Å². The molecule has 9 heteroatoms. The molecule has 6 N–H and O–H groups in total. The first kappa shape index (κ1) is 18.5. The molecule has 132 valence electrons. The molecule has 0 atom stereocenters. The van der Waals surface area contributed by atoms with Gasteiger partial charge in [0.2, 0.25) is 0 Å². The third-order valence-corrected chi connectivity index (χ3v) is 6.11. The average molecular weight is 362 g/mol. The van der Waals surface area contributed by atoms with E-state index in [9.17, 15) is 4.57 Å². The van der Waals surface area contributed by atoms with Gasteiger partial charge in [0.1, 0.15) is 0 Å². The van der Waals surface area contributed by atoms with Crippen LogP contribution in [-0.4, -0.2) is 28.7 Å². The maximum absolute atomic E-state index is 13.5. The summed E-state index contributed by atoms with van der Waals surface area (Å²) in [6.07, 6.45) is 0. The van der Waals surface area contributed by atoms with E-state index < -0.39 is 7.37 Å². The second-order valence-corrected chi connectivity index (χ2v) is 7.43. The summed E-state index contributed by atoms with van der Waals surface area (Å²) in [7, 11) is -3.33. The highest BCUT2D eigenvalue weighted by molar-refractivity contribution is 7.74. The summed E-state index contributed by atoms with van der Waals surface area (Å²) in [5, 5.41) is 24.2. The highest BCUT2D eigenvalue weighted by Crippen LogP contribution is 2.44. The van der Waals surface area contributed by atoms with Crippen LogP contribution in [0.3, 0.4) is 0 Å². The lowest BCUT2D eigenvalue weighted by molar-refractivity contribution is 0.318. The Bertz CT molecular complexity index is 767. The predicted octanol–water partition coefficient (Wildman–Crippen LogP) is 1.14. The van der Waals surface area contributed by atoms with E-state index in [1.807, 2.05) is 0 Å². The fourth-order valence-corrected chi connectivity index (χ4v) is 4.30. The highest BCUT2D eigenvalue weighted by Gasteiger charge is 2.28. The highest BCUT2D eigenvalue weighted by atomic mass is 31.2. The lowest BCUT2D eigenvalue weighted by Crippen LogP contribution is -2.21. The van der Waals surface area contributed by atoms with Gasteiger partial charge in [0.25, 0.3) is 7.37 Å². The molecule has 8 nitrogen and oxygen atoms in total. The van der Waals surface area contributed by atoms with E-state index >= 15 is 0 Å². The first-order chi connectivity index (χ1) is 12.0. The smallest absolute Gasteiger partial charge is 0.261 e. The van der Waals surface area contributed by atoms with Crippen LogP contribution in [-0.2, 0) is 9.09 Å². The standard InChI is InChI=1S/C16H19N4O4P/c1-2-24-25(23,13-7-3-11(4-8-13)15(17)19-21)14-9-5-12(6-10-14)16(18)20-22/h3-10,21-22H,2H2,1H3,(H2,17,19)(H2,18,20). The van der Waals surface area contributed by atoms with Crippen molar-refractivity contribution in [3.05, 3.63) is 59.7 Å². The topological polar surface area (TPSA) is 144 Å². The molecule has 0 heterocycles. The van der Waals surface area contributed by atoms with Crippen LogP contribution >= 0.6 is 7.37 Å². The lowest BCUT2D eigenvalue weighted by Gasteiger charge is -2.19. The molecule has 0 aliphatic rings. The predicted molar refractivity (Wildman–Crippen MR) is 96.4 cm³/mol. The Hall–Kier alpha value is -2.83. The minimum Gasteiger partial charge on any atom is -0.409 e. The minimum atomic E-state index is -3.33. The zero-order valence-electron chi connectivity index (χ0n) is 13.5. The monoisotopic (exact) mass is 362 g/mol. The number of rotatable bonds is 6. The van der Waals surface area contributed by atoms with Crippen LogP contribution < -0.4 is 22.1 Å². The van der Waals surface area contributed by atoms with Crippen molar-refractivity contribution in [1.29, 1.82) is 0 Å². The molecule has 0 aliphatic heterocycles. The second-order valence-electron chi connectivity index (χ2n) is 5.03. The molecular weight excluding hydrogens is 343 g/mol. The van der Waals surface area contributed by atoms with E-state index in [4.69, 9.17) is 26.4 Å². The average Bonchev–Trinajstić information content (AvgIpc) is 2.67. The molecule has 0 unspecified atom stereocenters. The number of oxime groups is 2. The number of nitrogens with two attached hydrogens (primary N) is 2. The van der Waals surface area contributed by atoms with Crippen LogP contribution in [0.25, 0.3) is 0 Å². The second kappa shape index (κ2) is 7.83. The van der Waals surface area contributed by atoms with Crippen LogP contribution in [0.5, 0.6) is 0 Å². The molecule has 0 saturated heterocycles. The molecule has 2 aromatic carbocycles. The van der Waals surface area contributed by atoms with Crippen molar-refractivity contribution < 1.29 is 19.5 Å². The normalized spacial score (nSPS) is 14.9. The zero-order valence-corrected chi connectivity index (χ0v) is 14.4. The summed E-state index contributed by atoms with van der Waals surface area (Å²) in [5.74, 6) is -0.0816. The van der Waals surface area contributed by atoms with E-state index in [0.29, 0.717) is 21.7 Å². The molecule has 0 saturated carbocycles. The molecule has 2 aromatic rings. The molecule has 0 aliphatic carbocycles. The van der Waals surface area contributed by atoms with Gasteiger partial charge in [-0.05, 0) is 31.2 Å². The quantitative estimate of drug-likeness (QED) is 0.199. The Balaban J connectivity index is 2.46. The summed E-state index contributed by atoms with van der Waals surface area (Å²) in [6.45, 7) is 2.00. The number of hydrogen-bond acceptors (Lipinski definition) is 6. The number of amidine groups is 2. The summed E-state index contributed by atoms with van der Waals surface area (Å²) >= 11 is 0. The van der Waals surface area contributed by atoms with E-state index in [0.717, 1.165) is 0 Å². The summed E-state index contributed by atoms with van der Waals surface area (Å²) in [5.41, 5.74) is 12.1.